The summed E-state index contributed by atoms with van der Waals surface area (Å²) in [6.07, 6.45) is 2.16. The third-order valence-electron chi connectivity index (χ3n) is 4.69. The lowest BCUT2D eigenvalue weighted by molar-refractivity contribution is 0.0983. The van der Waals surface area contributed by atoms with E-state index in [1.54, 1.807) is 41.5 Å². The van der Waals surface area contributed by atoms with E-state index in [9.17, 15) is 13.2 Å². The number of furan rings is 1. The van der Waals surface area contributed by atoms with Crippen LogP contribution in [0, 0.1) is 0 Å². The number of amides is 1. The molecule has 0 atom stereocenters. The highest BCUT2D eigenvalue weighted by atomic mass is 32.2. The minimum atomic E-state index is -3.30. The molecule has 1 aliphatic heterocycles. The van der Waals surface area contributed by atoms with Gasteiger partial charge in [-0.3, -0.25) is 9.10 Å². The number of carbonyl (C=O) groups is 1. The number of para-hydroxylation sites is 1. The molecule has 1 saturated heterocycles. The molecule has 2 aromatic carbocycles. The zero-order valence-corrected chi connectivity index (χ0v) is 16.0. The molecule has 144 valence electrons. The Kier molecular flexibility index (Phi) is 4.92. The molecule has 6 nitrogen and oxygen atoms in total. The smallest absolute Gasteiger partial charge is 0.258 e. The first kappa shape index (κ1) is 18.3. The Hall–Kier alpha value is -3.06. The fraction of sp³-hybridized carbons (Fsp3) is 0.190. The highest BCUT2D eigenvalue weighted by Crippen LogP contribution is 2.27. The molecule has 0 aliphatic carbocycles. The van der Waals surface area contributed by atoms with Crippen LogP contribution in [0.5, 0.6) is 0 Å². The van der Waals surface area contributed by atoms with Gasteiger partial charge in [0.1, 0.15) is 5.76 Å². The molecule has 2 heterocycles. The summed E-state index contributed by atoms with van der Waals surface area (Å²) >= 11 is 0. The summed E-state index contributed by atoms with van der Waals surface area (Å²) in [4.78, 5) is 14.9. The molecule has 7 heteroatoms. The van der Waals surface area contributed by atoms with Gasteiger partial charge in [0, 0.05) is 17.8 Å². The number of sulfonamides is 1. The van der Waals surface area contributed by atoms with Gasteiger partial charge in [0.2, 0.25) is 10.0 Å². The van der Waals surface area contributed by atoms with Gasteiger partial charge in [-0.15, -0.1) is 0 Å². The molecule has 1 aromatic heterocycles. The first-order valence-electron chi connectivity index (χ1n) is 9.04. The number of anilines is 2. The molecule has 0 N–H and O–H groups in total. The van der Waals surface area contributed by atoms with Gasteiger partial charge in [-0.2, -0.15) is 0 Å². The fourth-order valence-corrected chi connectivity index (χ4v) is 4.88. The predicted octanol–water partition coefficient (Wildman–Crippen LogP) is 3.67. The van der Waals surface area contributed by atoms with Crippen LogP contribution in [-0.4, -0.2) is 26.6 Å². The summed E-state index contributed by atoms with van der Waals surface area (Å²) < 4.78 is 31.3. The Morgan fingerprint density at radius 3 is 2.54 bits per heavy atom. The number of carbonyl (C=O) groups excluding carboxylic acids is 1. The Labute approximate surface area is 164 Å². The molecular formula is C21H20N2O4S. The topological polar surface area (TPSA) is 70.8 Å². The average molecular weight is 396 g/mol. The van der Waals surface area contributed by atoms with Gasteiger partial charge in [-0.25, -0.2) is 8.42 Å². The number of hydrogen-bond donors (Lipinski definition) is 0. The summed E-state index contributed by atoms with van der Waals surface area (Å²) in [5, 5.41) is 0. The Morgan fingerprint density at radius 2 is 1.86 bits per heavy atom. The SMILES string of the molecule is O=C(c1cccc(N2CCCS2(=O)=O)c1)N(Cc1ccco1)c1ccccc1. The first-order chi connectivity index (χ1) is 13.5. The van der Waals surface area contributed by atoms with Crippen LogP contribution >= 0.6 is 0 Å². The normalized spacial score (nSPS) is 15.5. The molecule has 0 bridgehead atoms. The largest absolute Gasteiger partial charge is 0.467 e. The van der Waals surface area contributed by atoms with Crippen molar-refractivity contribution >= 4 is 27.3 Å². The number of nitrogens with zero attached hydrogens (tertiary/aromatic N) is 2. The molecule has 0 saturated carbocycles. The molecule has 1 fully saturated rings. The molecule has 0 unspecified atom stereocenters. The van der Waals surface area contributed by atoms with Gasteiger partial charge >= 0.3 is 0 Å². The van der Waals surface area contributed by atoms with Crippen LogP contribution < -0.4 is 9.21 Å². The molecule has 4 rings (SSSR count). The van der Waals surface area contributed by atoms with E-state index >= 15 is 0 Å². The summed E-state index contributed by atoms with van der Waals surface area (Å²) in [6.45, 7) is 0.719. The van der Waals surface area contributed by atoms with Gasteiger partial charge in [-0.1, -0.05) is 24.3 Å². The lowest BCUT2D eigenvalue weighted by atomic mass is 10.1. The lowest BCUT2D eigenvalue weighted by Gasteiger charge is -2.23. The van der Waals surface area contributed by atoms with Gasteiger partial charge in [0.25, 0.3) is 5.91 Å². The molecule has 28 heavy (non-hydrogen) atoms. The van der Waals surface area contributed by atoms with Crippen molar-refractivity contribution in [3.8, 4) is 0 Å². The fourth-order valence-electron chi connectivity index (χ4n) is 3.33. The van der Waals surface area contributed by atoms with Crippen molar-refractivity contribution in [3.05, 3.63) is 84.3 Å². The number of rotatable bonds is 5. The quantitative estimate of drug-likeness (QED) is 0.660. The Morgan fingerprint density at radius 1 is 1.04 bits per heavy atom. The maximum absolute atomic E-state index is 13.3. The number of benzene rings is 2. The second-order valence-electron chi connectivity index (χ2n) is 6.60. The van der Waals surface area contributed by atoms with Gasteiger partial charge in [0.15, 0.2) is 0 Å². The highest BCUT2D eigenvalue weighted by Gasteiger charge is 2.29. The highest BCUT2D eigenvalue weighted by molar-refractivity contribution is 7.93. The summed E-state index contributed by atoms with van der Waals surface area (Å²) in [6, 6.07) is 19.7. The first-order valence-corrected chi connectivity index (χ1v) is 10.7. The molecular weight excluding hydrogens is 376 g/mol. The van der Waals surface area contributed by atoms with Gasteiger partial charge in [0.05, 0.1) is 24.2 Å². The number of hydrogen-bond acceptors (Lipinski definition) is 4. The molecule has 1 aliphatic rings. The predicted molar refractivity (Wildman–Crippen MR) is 108 cm³/mol. The Balaban J connectivity index is 1.68. The monoisotopic (exact) mass is 396 g/mol. The van der Waals surface area contributed by atoms with E-state index in [4.69, 9.17) is 4.42 Å². The molecule has 1 amide bonds. The van der Waals surface area contributed by atoms with Crippen LogP contribution in [0.2, 0.25) is 0 Å². The minimum Gasteiger partial charge on any atom is -0.467 e. The van der Waals surface area contributed by atoms with Crippen LogP contribution in [0.25, 0.3) is 0 Å². The van der Waals surface area contributed by atoms with Crippen LogP contribution in [0.3, 0.4) is 0 Å². The summed E-state index contributed by atoms with van der Waals surface area (Å²) in [5.74, 6) is 0.580. The second-order valence-corrected chi connectivity index (χ2v) is 8.61. The zero-order chi connectivity index (χ0) is 19.6. The van der Waals surface area contributed by atoms with Crippen molar-refractivity contribution in [2.24, 2.45) is 0 Å². The maximum atomic E-state index is 13.3. The van der Waals surface area contributed by atoms with Crippen molar-refractivity contribution in [2.75, 3.05) is 21.5 Å². The van der Waals surface area contributed by atoms with Crippen molar-refractivity contribution in [2.45, 2.75) is 13.0 Å². The van der Waals surface area contributed by atoms with Crippen molar-refractivity contribution in [1.29, 1.82) is 0 Å². The third kappa shape index (κ3) is 3.66. The van der Waals surface area contributed by atoms with E-state index < -0.39 is 10.0 Å². The third-order valence-corrected chi connectivity index (χ3v) is 6.56. The van der Waals surface area contributed by atoms with Crippen molar-refractivity contribution < 1.29 is 17.6 Å². The van der Waals surface area contributed by atoms with E-state index in [-0.39, 0.29) is 18.2 Å². The van der Waals surface area contributed by atoms with E-state index in [0.29, 0.717) is 30.0 Å². The molecule has 3 aromatic rings. The van der Waals surface area contributed by atoms with Gasteiger partial charge < -0.3 is 9.32 Å². The molecule has 0 spiro atoms. The van der Waals surface area contributed by atoms with Crippen molar-refractivity contribution in [3.63, 3.8) is 0 Å². The van der Waals surface area contributed by atoms with Crippen LogP contribution in [0.15, 0.2) is 77.4 Å². The van der Waals surface area contributed by atoms with Crippen molar-refractivity contribution in [1.82, 2.24) is 0 Å². The lowest BCUT2D eigenvalue weighted by Crippen LogP contribution is -2.31. The minimum absolute atomic E-state index is 0.139. The zero-order valence-electron chi connectivity index (χ0n) is 15.2. The van der Waals surface area contributed by atoms with Crippen LogP contribution in [-0.2, 0) is 16.6 Å². The van der Waals surface area contributed by atoms with E-state index in [1.807, 2.05) is 36.4 Å². The standard InChI is InChI=1S/C21H20N2O4S/c24-21(17-7-4-10-19(15-17)23-12-6-14-28(23,25)26)22(16-20-11-5-13-27-20)18-8-2-1-3-9-18/h1-5,7-11,13,15H,6,12,14,16H2. The van der Waals surface area contributed by atoms with Crippen LogP contribution in [0.1, 0.15) is 22.5 Å². The van der Waals surface area contributed by atoms with E-state index in [0.717, 1.165) is 5.69 Å². The van der Waals surface area contributed by atoms with E-state index in [1.165, 1.54) is 4.31 Å². The average Bonchev–Trinajstić information content (AvgIpc) is 3.35. The van der Waals surface area contributed by atoms with Gasteiger partial charge in [-0.05, 0) is 48.9 Å². The summed E-state index contributed by atoms with van der Waals surface area (Å²) in [5.41, 5.74) is 1.69. The second kappa shape index (κ2) is 7.52. The Bertz CT molecular complexity index is 1060. The van der Waals surface area contributed by atoms with E-state index in [2.05, 4.69) is 0 Å². The van der Waals surface area contributed by atoms with Crippen LogP contribution in [0.4, 0.5) is 11.4 Å². The summed E-state index contributed by atoms with van der Waals surface area (Å²) in [7, 11) is -3.30. The molecule has 0 radical (unpaired) electrons. The maximum Gasteiger partial charge on any atom is 0.258 e.